The summed E-state index contributed by atoms with van der Waals surface area (Å²) >= 11 is 6.17. The van der Waals surface area contributed by atoms with Crippen LogP contribution in [0.4, 0.5) is 4.39 Å². The highest BCUT2D eigenvalue weighted by Gasteiger charge is 2.42. The van der Waals surface area contributed by atoms with Gasteiger partial charge in [0, 0.05) is 70.1 Å². The first-order valence-electron chi connectivity index (χ1n) is 10.3. The molecule has 5 nitrogen and oxygen atoms in total. The largest absolute Gasteiger partial charge is 0.382 e. The summed E-state index contributed by atoms with van der Waals surface area (Å²) in [7, 11) is 1.84. The Hall–Kier alpha value is -1.37. The maximum Gasteiger partial charge on any atom is 0.193 e. The molecule has 0 amide bonds. The van der Waals surface area contributed by atoms with Crippen LogP contribution in [0.1, 0.15) is 31.7 Å². The summed E-state index contributed by atoms with van der Waals surface area (Å²) in [6.07, 6.45) is 3.64. The molecule has 28 heavy (non-hydrogen) atoms. The van der Waals surface area contributed by atoms with E-state index in [-0.39, 0.29) is 5.82 Å². The highest BCUT2D eigenvalue weighted by atomic mass is 35.5. The Balaban J connectivity index is 1.45. The number of guanidine groups is 1. The normalized spacial score (nSPS) is 19.7. The third kappa shape index (κ3) is 5.58. The summed E-state index contributed by atoms with van der Waals surface area (Å²) in [5, 5.41) is 4.07. The van der Waals surface area contributed by atoms with Gasteiger partial charge < -0.3 is 15.0 Å². The topological polar surface area (TPSA) is 40.1 Å². The Kier molecular flexibility index (Phi) is 7.55. The maximum atomic E-state index is 14.0. The molecule has 1 aliphatic carbocycles. The van der Waals surface area contributed by atoms with E-state index >= 15 is 0 Å². The summed E-state index contributed by atoms with van der Waals surface area (Å²) in [6.45, 7) is 8.64. The van der Waals surface area contributed by atoms with Crippen LogP contribution in [0, 0.1) is 11.2 Å². The molecule has 3 rings (SSSR count). The molecule has 2 fully saturated rings. The predicted octanol–water partition coefficient (Wildman–Crippen LogP) is 3.38. The van der Waals surface area contributed by atoms with E-state index in [9.17, 15) is 4.39 Å². The molecule has 156 valence electrons. The molecule has 0 atom stereocenters. The van der Waals surface area contributed by atoms with Crippen LogP contribution in [0.15, 0.2) is 23.2 Å². The van der Waals surface area contributed by atoms with E-state index in [2.05, 4.69) is 20.1 Å². The smallest absolute Gasteiger partial charge is 0.193 e. The van der Waals surface area contributed by atoms with Crippen LogP contribution in [-0.2, 0) is 11.3 Å². The van der Waals surface area contributed by atoms with Gasteiger partial charge in [0.25, 0.3) is 0 Å². The van der Waals surface area contributed by atoms with Gasteiger partial charge in [0.05, 0.1) is 0 Å². The fourth-order valence-electron chi connectivity index (χ4n) is 3.75. The molecule has 1 aliphatic heterocycles. The number of benzene rings is 1. The highest BCUT2D eigenvalue weighted by Crippen LogP contribution is 2.48. The number of aliphatic imine (C=N–C) groups is 1. The van der Waals surface area contributed by atoms with Gasteiger partial charge in [0.15, 0.2) is 5.96 Å². The van der Waals surface area contributed by atoms with E-state index in [0.717, 1.165) is 58.3 Å². The molecule has 1 heterocycles. The fraction of sp³-hybridized carbons (Fsp3) is 0.667. The number of nitrogens with one attached hydrogen (secondary N) is 1. The first-order valence-corrected chi connectivity index (χ1v) is 10.6. The molecule has 1 saturated heterocycles. The molecule has 1 N–H and O–H groups in total. The van der Waals surface area contributed by atoms with Crippen LogP contribution in [-0.4, -0.2) is 68.7 Å². The summed E-state index contributed by atoms with van der Waals surface area (Å²) in [5.74, 6) is 0.737. The lowest BCUT2D eigenvalue weighted by Gasteiger charge is -2.37. The Labute approximate surface area is 172 Å². The van der Waals surface area contributed by atoms with Crippen LogP contribution in [0.25, 0.3) is 0 Å². The minimum atomic E-state index is -0.228. The van der Waals surface area contributed by atoms with Crippen molar-refractivity contribution in [1.82, 2.24) is 15.1 Å². The van der Waals surface area contributed by atoms with E-state index in [1.807, 2.05) is 14.0 Å². The minimum Gasteiger partial charge on any atom is -0.382 e. The lowest BCUT2D eigenvalue weighted by atomic mass is 10.0. The summed E-state index contributed by atoms with van der Waals surface area (Å²) in [4.78, 5) is 9.02. The van der Waals surface area contributed by atoms with Gasteiger partial charge >= 0.3 is 0 Å². The van der Waals surface area contributed by atoms with Crippen molar-refractivity contribution in [2.75, 3.05) is 53.0 Å². The van der Waals surface area contributed by atoms with Gasteiger partial charge in [-0.05, 0) is 43.7 Å². The second kappa shape index (κ2) is 9.90. The van der Waals surface area contributed by atoms with Crippen molar-refractivity contribution < 1.29 is 9.13 Å². The number of halogens is 2. The molecular weight excluding hydrogens is 379 g/mol. The van der Waals surface area contributed by atoms with Crippen molar-refractivity contribution in [3.05, 3.63) is 34.6 Å². The van der Waals surface area contributed by atoms with Gasteiger partial charge in [-0.3, -0.25) is 9.89 Å². The number of nitrogens with zero attached hydrogens (tertiary/aromatic N) is 3. The minimum absolute atomic E-state index is 0.228. The third-order valence-electron chi connectivity index (χ3n) is 5.89. The maximum absolute atomic E-state index is 14.0. The van der Waals surface area contributed by atoms with E-state index in [1.165, 1.54) is 18.9 Å². The van der Waals surface area contributed by atoms with Crippen LogP contribution >= 0.6 is 11.6 Å². The molecule has 0 radical (unpaired) electrons. The van der Waals surface area contributed by atoms with Gasteiger partial charge in [-0.1, -0.05) is 17.7 Å². The summed E-state index contributed by atoms with van der Waals surface area (Å²) in [6, 6.07) is 4.87. The van der Waals surface area contributed by atoms with E-state index < -0.39 is 0 Å². The van der Waals surface area contributed by atoms with Crippen LogP contribution in [0.3, 0.4) is 0 Å². The number of rotatable bonds is 8. The number of hydrogen-bond acceptors (Lipinski definition) is 3. The Morgan fingerprint density at radius 3 is 2.64 bits per heavy atom. The zero-order valence-electron chi connectivity index (χ0n) is 17.0. The highest BCUT2D eigenvalue weighted by molar-refractivity contribution is 6.31. The van der Waals surface area contributed by atoms with Gasteiger partial charge in [0.2, 0.25) is 0 Å². The average Bonchev–Trinajstić information content (AvgIpc) is 3.47. The van der Waals surface area contributed by atoms with Crippen molar-refractivity contribution in [2.24, 2.45) is 10.4 Å². The van der Waals surface area contributed by atoms with Crippen molar-refractivity contribution in [3.8, 4) is 0 Å². The van der Waals surface area contributed by atoms with Crippen molar-refractivity contribution >= 4 is 17.6 Å². The first kappa shape index (κ1) is 21.3. The van der Waals surface area contributed by atoms with Gasteiger partial charge in [-0.2, -0.15) is 0 Å². The van der Waals surface area contributed by atoms with Crippen molar-refractivity contribution in [2.45, 2.75) is 32.7 Å². The SMILES string of the molecule is CCOCCC1(CNC(=NC)N2CCN(Cc3c(F)cccc3Cl)CC2)CC1. The average molecular weight is 411 g/mol. The molecular formula is C21H32ClFN4O. The van der Waals surface area contributed by atoms with Gasteiger partial charge in [-0.15, -0.1) is 0 Å². The number of hydrogen-bond donors (Lipinski definition) is 1. The molecule has 1 aromatic carbocycles. The first-order chi connectivity index (χ1) is 13.6. The molecule has 0 aromatic heterocycles. The van der Waals surface area contributed by atoms with Gasteiger partial charge in [-0.25, -0.2) is 4.39 Å². The standard InChI is InChI=1S/C21H32ClFN4O/c1-3-28-14-9-21(7-8-21)16-25-20(24-2)27-12-10-26(11-13-27)15-17-18(22)5-4-6-19(17)23/h4-6H,3,7-16H2,1-2H3,(H,24,25). The van der Waals surface area contributed by atoms with E-state index in [4.69, 9.17) is 16.3 Å². The zero-order chi connectivity index (χ0) is 20.0. The number of ether oxygens (including phenoxy) is 1. The monoisotopic (exact) mass is 410 g/mol. The molecule has 0 bridgehead atoms. The zero-order valence-corrected chi connectivity index (χ0v) is 17.8. The van der Waals surface area contributed by atoms with E-state index in [1.54, 1.807) is 12.1 Å². The Morgan fingerprint density at radius 2 is 2.04 bits per heavy atom. The second-order valence-electron chi connectivity index (χ2n) is 7.81. The Morgan fingerprint density at radius 1 is 1.29 bits per heavy atom. The van der Waals surface area contributed by atoms with Gasteiger partial charge in [0.1, 0.15) is 5.82 Å². The van der Waals surface area contributed by atoms with Crippen LogP contribution < -0.4 is 5.32 Å². The molecule has 0 unspecified atom stereocenters. The third-order valence-corrected chi connectivity index (χ3v) is 6.24. The van der Waals surface area contributed by atoms with Crippen LogP contribution in [0.2, 0.25) is 5.02 Å². The lowest BCUT2D eigenvalue weighted by molar-refractivity contribution is 0.128. The lowest BCUT2D eigenvalue weighted by Crippen LogP contribution is -2.53. The molecule has 1 saturated carbocycles. The van der Waals surface area contributed by atoms with E-state index in [0.29, 0.717) is 22.5 Å². The fourth-order valence-corrected chi connectivity index (χ4v) is 3.97. The second-order valence-corrected chi connectivity index (χ2v) is 8.22. The summed E-state index contributed by atoms with van der Waals surface area (Å²) < 4.78 is 19.6. The number of piperazine rings is 1. The summed E-state index contributed by atoms with van der Waals surface area (Å²) in [5.41, 5.74) is 0.972. The molecule has 7 heteroatoms. The molecule has 1 aromatic rings. The predicted molar refractivity (Wildman–Crippen MR) is 112 cm³/mol. The molecule has 2 aliphatic rings. The quantitative estimate of drug-likeness (QED) is 0.405. The van der Waals surface area contributed by atoms with Crippen molar-refractivity contribution in [1.29, 1.82) is 0 Å². The molecule has 0 spiro atoms. The Bertz CT molecular complexity index is 652. The van der Waals surface area contributed by atoms with Crippen molar-refractivity contribution in [3.63, 3.8) is 0 Å². The van der Waals surface area contributed by atoms with Crippen LogP contribution in [0.5, 0.6) is 0 Å².